The van der Waals surface area contributed by atoms with Gasteiger partial charge in [-0.15, -0.1) is 22.9 Å². The number of alkyl halides is 1. The molecule has 1 aliphatic carbocycles. The standard InChI is InChI=1S/C26H27ClN2O6S/c27-17-12-29(22-18(30)14-34-23(17)22)25(32)21(16-8-4-5-9-16)28-24(31)19-10-11-20(36-19)26(33)35-13-15-6-2-1-3-7-15/h1-3,6-7,10-11,16-17,21-23H,4-5,8-9,12-14H2,(H,28,31)/t17-,21-,22+,23+/m0/s1. The number of likely N-dealkylation sites (tertiary alicyclic amines) is 1. The Morgan fingerprint density at radius 3 is 2.58 bits per heavy atom. The van der Waals surface area contributed by atoms with E-state index in [2.05, 4.69) is 5.32 Å². The van der Waals surface area contributed by atoms with E-state index in [9.17, 15) is 19.2 Å². The van der Waals surface area contributed by atoms with Gasteiger partial charge in [0, 0.05) is 6.54 Å². The highest BCUT2D eigenvalue weighted by atomic mass is 35.5. The van der Waals surface area contributed by atoms with Crippen LogP contribution in [0, 0.1) is 5.92 Å². The van der Waals surface area contributed by atoms with Gasteiger partial charge in [0.1, 0.15) is 36.3 Å². The zero-order valence-corrected chi connectivity index (χ0v) is 21.1. The molecular weight excluding hydrogens is 504 g/mol. The fraction of sp³-hybridized carbons (Fsp3) is 0.462. The summed E-state index contributed by atoms with van der Waals surface area (Å²) in [6.07, 6.45) is 3.08. The molecule has 0 unspecified atom stereocenters. The van der Waals surface area contributed by atoms with Crippen molar-refractivity contribution in [2.24, 2.45) is 5.92 Å². The van der Waals surface area contributed by atoms with Gasteiger partial charge in [-0.25, -0.2) is 4.79 Å². The molecule has 2 amide bonds. The van der Waals surface area contributed by atoms with Gasteiger partial charge in [-0.1, -0.05) is 43.2 Å². The number of Topliss-reactive ketones (excluding diaryl/α,β-unsaturated/α-hetero) is 1. The smallest absolute Gasteiger partial charge is 0.348 e. The van der Waals surface area contributed by atoms with Crippen molar-refractivity contribution in [2.45, 2.75) is 55.9 Å². The van der Waals surface area contributed by atoms with Crippen LogP contribution in [0.15, 0.2) is 42.5 Å². The lowest BCUT2D eigenvalue weighted by Gasteiger charge is -2.30. The van der Waals surface area contributed by atoms with E-state index in [4.69, 9.17) is 21.1 Å². The number of ether oxygens (including phenoxy) is 2. The summed E-state index contributed by atoms with van der Waals surface area (Å²) in [7, 11) is 0. The molecule has 1 aromatic carbocycles. The molecule has 0 spiro atoms. The Morgan fingerprint density at radius 1 is 1.11 bits per heavy atom. The lowest BCUT2D eigenvalue weighted by atomic mass is 9.96. The van der Waals surface area contributed by atoms with Crippen LogP contribution in [-0.2, 0) is 25.7 Å². The first kappa shape index (κ1) is 24.9. The number of esters is 1. The summed E-state index contributed by atoms with van der Waals surface area (Å²) in [5.74, 6) is -1.43. The zero-order valence-electron chi connectivity index (χ0n) is 19.6. The third-order valence-corrected chi connectivity index (χ3v) is 8.52. The van der Waals surface area contributed by atoms with Crippen molar-refractivity contribution in [1.29, 1.82) is 0 Å². The number of halogens is 1. The van der Waals surface area contributed by atoms with Crippen LogP contribution in [0.5, 0.6) is 0 Å². The molecule has 4 atom stereocenters. The highest BCUT2D eigenvalue weighted by Gasteiger charge is 2.53. The molecule has 0 bridgehead atoms. The number of thiophene rings is 1. The molecule has 190 valence electrons. The minimum atomic E-state index is -0.772. The Morgan fingerprint density at radius 2 is 1.83 bits per heavy atom. The van der Waals surface area contributed by atoms with E-state index in [0.29, 0.717) is 9.75 Å². The van der Waals surface area contributed by atoms with Gasteiger partial charge in [0.15, 0.2) is 5.78 Å². The third-order valence-electron chi connectivity index (χ3n) is 7.07. The Balaban J connectivity index is 1.27. The number of nitrogens with zero attached hydrogens (tertiary/aromatic N) is 1. The number of ketones is 1. The molecule has 36 heavy (non-hydrogen) atoms. The molecule has 5 rings (SSSR count). The van der Waals surface area contributed by atoms with Crippen LogP contribution in [0.2, 0.25) is 0 Å². The normalized spacial score (nSPS) is 24.5. The number of fused-ring (bicyclic) bond motifs is 1. The lowest BCUT2D eigenvalue weighted by molar-refractivity contribution is -0.139. The number of carbonyl (C=O) groups is 4. The summed E-state index contributed by atoms with van der Waals surface area (Å²) in [4.78, 5) is 53.8. The molecular formula is C26H27ClN2O6S. The number of carbonyl (C=O) groups excluding carboxylic acids is 4. The van der Waals surface area contributed by atoms with E-state index in [1.807, 2.05) is 30.3 Å². The minimum absolute atomic E-state index is 0.0260. The first-order valence-electron chi connectivity index (χ1n) is 12.1. The number of amides is 2. The van der Waals surface area contributed by atoms with E-state index >= 15 is 0 Å². The molecule has 3 fully saturated rings. The molecule has 2 aliphatic heterocycles. The van der Waals surface area contributed by atoms with Crippen LogP contribution < -0.4 is 5.32 Å². The molecule has 8 nitrogen and oxygen atoms in total. The average molecular weight is 531 g/mol. The topological polar surface area (TPSA) is 102 Å². The summed E-state index contributed by atoms with van der Waals surface area (Å²) in [6, 6.07) is 11.0. The van der Waals surface area contributed by atoms with E-state index in [1.165, 1.54) is 4.90 Å². The van der Waals surface area contributed by atoms with Crippen molar-refractivity contribution in [2.75, 3.05) is 13.2 Å². The Bertz CT molecular complexity index is 1150. The van der Waals surface area contributed by atoms with Gasteiger partial charge in [0.05, 0.1) is 10.3 Å². The summed E-state index contributed by atoms with van der Waals surface area (Å²) < 4.78 is 10.9. The Hall–Kier alpha value is -2.75. The van der Waals surface area contributed by atoms with Crippen LogP contribution in [-0.4, -0.2) is 65.2 Å². The highest BCUT2D eigenvalue weighted by Crippen LogP contribution is 2.34. The third kappa shape index (κ3) is 5.05. The molecule has 2 saturated heterocycles. The number of hydrogen-bond acceptors (Lipinski definition) is 7. The molecule has 2 aromatic rings. The second kappa shape index (κ2) is 10.7. The van der Waals surface area contributed by atoms with Gasteiger partial charge in [-0.05, 0) is 36.5 Å². The number of hydrogen-bond donors (Lipinski definition) is 1. The van der Waals surface area contributed by atoms with Gasteiger partial charge >= 0.3 is 5.97 Å². The van der Waals surface area contributed by atoms with Crippen molar-refractivity contribution >= 4 is 46.5 Å². The fourth-order valence-electron chi connectivity index (χ4n) is 5.25. The van der Waals surface area contributed by atoms with Crippen molar-refractivity contribution in [3.05, 3.63) is 57.8 Å². The average Bonchev–Trinajstić information content (AvgIpc) is 3.68. The summed E-state index contributed by atoms with van der Waals surface area (Å²) in [5.41, 5.74) is 0.868. The maximum Gasteiger partial charge on any atom is 0.348 e. The summed E-state index contributed by atoms with van der Waals surface area (Å²) in [5, 5.41) is 2.44. The predicted octanol–water partition coefficient (Wildman–Crippen LogP) is 3.18. The molecule has 3 heterocycles. The van der Waals surface area contributed by atoms with E-state index in [-0.39, 0.29) is 37.4 Å². The lowest BCUT2D eigenvalue weighted by Crippen LogP contribution is -2.54. The van der Waals surface area contributed by atoms with Crippen molar-refractivity contribution in [1.82, 2.24) is 10.2 Å². The van der Waals surface area contributed by atoms with E-state index in [1.54, 1.807) is 12.1 Å². The second-order valence-corrected chi connectivity index (χ2v) is 11.1. The molecule has 10 heteroatoms. The quantitative estimate of drug-likeness (QED) is 0.436. The highest BCUT2D eigenvalue weighted by molar-refractivity contribution is 7.15. The maximum absolute atomic E-state index is 13.6. The molecule has 1 aromatic heterocycles. The van der Waals surface area contributed by atoms with E-state index < -0.39 is 35.4 Å². The van der Waals surface area contributed by atoms with Gasteiger partial charge in [0.25, 0.3) is 5.91 Å². The molecule has 1 saturated carbocycles. The second-order valence-electron chi connectivity index (χ2n) is 9.41. The van der Waals surface area contributed by atoms with Crippen LogP contribution >= 0.6 is 22.9 Å². The molecule has 3 aliphatic rings. The van der Waals surface area contributed by atoms with E-state index in [0.717, 1.165) is 42.6 Å². The van der Waals surface area contributed by atoms with Crippen molar-refractivity contribution in [3.63, 3.8) is 0 Å². The molecule has 1 N–H and O–H groups in total. The number of rotatable bonds is 7. The van der Waals surface area contributed by atoms with Crippen molar-refractivity contribution < 1.29 is 28.7 Å². The Kier molecular flexibility index (Phi) is 7.41. The van der Waals surface area contributed by atoms with Crippen LogP contribution in [0.3, 0.4) is 0 Å². The van der Waals surface area contributed by atoms with Gasteiger partial charge < -0.3 is 19.7 Å². The van der Waals surface area contributed by atoms with Crippen LogP contribution in [0.4, 0.5) is 0 Å². The maximum atomic E-state index is 13.6. The first-order valence-corrected chi connectivity index (χ1v) is 13.4. The van der Waals surface area contributed by atoms with Crippen LogP contribution in [0.25, 0.3) is 0 Å². The van der Waals surface area contributed by atoms with Gasteiger partial charge in [-0.3, -0.25) is 14.4 Å². The number of benzene rings is 1. The largest absolute Gasteiger partial charge is 0.457 e. The monoisotopic (exact) mass is 530 g/mol. The summed E-state index contributed by atoms with van der Waals surface area (Å²) in [6.45, 7) is 0.289. The van der Waals surface area contributed by atoms with Gasteiger partial charge in [0.2, 0.25) is 5.91 Å². The minimum Gasteiger partial charge on any atom is -0.457 e. The van der Waals surface area contributed by atoms with Gasteiger partial charge in [-0.2, -0.15) is 0 Å². The number of nitrogens with one attached hydrogen (secondary N) is 1. The summed E-state index contributed by atoms with van der Waals surface area (Å²) >= 11 is 7.40. The zero-order chi connectivity index (χ0) is 25.2. The predicted molar refractivity (Wildman–Crippen MR) is 133 cm³/mol. The van der Waals surface area contributed by atoms with Crippen LogP contribution in [0.1, 0.15) is 50.6 Å². The fourth-order valence-corrected chi connectivity index (χ4v) is 6.41. The van der Waals surface area contributed by atoms with Crippen molar-refractivity contribution in [3.8, 4) is 0 Å². The SMILES string of the molecule is O=C(N[C@H](C(=O)N1C[C@H](Cl)[C@H]2OCC(=O)[C@H]21)C1CCCC1)c1ccc(C(=O)OCc2ccccc2)s1. The Labute approximate surface area is 217 Å². The molecule has 0 radical (unpaired) electrons. The first-order chi connectivity index (χ1) is 17.4.